The molecule has 2 nitrogen and oxygen atoms in total. The maximum Gasteiger partial charge on any atom is 0.416 e. The molecule has 1 heterocycles. The molecule has 1 aromatic carbocycles. The van der Waals surface area contributed by atoms with Crippen molar-refractivity contribution < 1.29 is 17.6 Å². The molecular formula is C14H14F4N2S. The predicted octanol–water partition coefficient (Wildman–Crippen LogP) is 4.54. The van der Waals surface area contributed by atoms with Crippen molar-refractivity contribution >= 4 is 11.3 Å². The zero-order valence-corrected chi connectivity index (χ0v) is 12.1. The smallest absolute Gasteiger partial charge is 0.304 e. The average molecular weight is 318 g/mol. The molecule has 0 saturated carbocycles. The quantitative estimate of drug-likeness (QED) is 0.819. The topological polar surface area (TPSA) is 24.9 Å². The van der Waals surface area contributed by atoms with Gasteiger partial charge in [-0.25, -0.2) is 9.37 Å². The summed E-state index contributed by atoms with van der Waals surface area (Å²) in [6, 6.07) is 2.52. The number of benzene rings is 1. The van der Waals surface area contributed by atoms with E-state index in [1.807, 2.05) is 12.3 Å². The van der Waals surface area contributed by atoms with Crippen LogP contribution >= 0.6 is 11.3 Å². The molecule has 1 N–H and O–H groups in total. The summed E-state index contributed by atoms with van der Waals surface area (Å²) in [5.74, 6) is -0.885. The Kier molecular flexibility index (Phi) is 4.95. The third kappa shape index (κ3) is 4.25. The minimum absolute atomic E-state index is 0.0531. The summed E-state index contributed by atoms with van der Waals surface area (Å²) in [5.41, 5.74) is -0.709. The predicted molar refractivity (Wildman–Crippen MR) is 73.4 cm³/mol. The fourth-order valence-electron chi connectivity index (χ4n) is 1.97. The van der Waals surface area contributed by atoms with Gasteiger partial charge in [-0.15, -0.1) is 11.3 Å². The van der Waals surface area contributed by atoms with Crippen LogP contribution in [-0.2, 0) is 12.7 Å². The van der Waals surface area contributed by atoms with E-state index in [0.29, 0.717) is 6.07 Å². The molecule has 1 aromatic heterocycles. The van der Waals surface area contributed by atoms with E-state index in [0.717, 1.165) is 23.6 Å². The maximum atomic E-state index is 13.3. The van der Waals surface area contributed by atoms with Crippen LogP contribution in [0.25, 0.3) is 0 Å². The Hall–Kier alpha value is -1.47. The Morgan fingerprint density at radius 3 is 2.62 bits per heavy atom. The molecule has 2 rings (SSSR count). The second kappa shape index (κ2) is 6.53. The molecule has 2 aromatic rings. The number of nitrogens with one attached hydrogen (secondary N) is 1. The van der Waals surface area contributed by atoms with Crippen molar-refractivity contribution in [3.8, 4) is 0 Å². The second-order valence-electron chi connectivity index (χ2n) is 4.56. The molecule has 0 radical (unpaired) electrons. The molecular weight excluding hydrogens is 304 g/mol. The Morgan fingerprint density at radius 2 is 2.05 bits per heavy atom. The van der Waals surface area contributed by atoms with Crippen molar-refractivity contribution in [2.75, 3.05) is 0 Å². The number of hydrogen-bond acceptors (Lipinski definition) is 3. The number of nitrogens with zero attached hydrogens (tertiary/aromatic N) is 1. The molecule has 0 aliphatic carbocycles. The number of alkyl halides is 3. The van der Waals surface area contributed by atoms with Gasteiger partial charge in [-0.1, -0.05) is 6.92 Å². The lowest BCUT2D eigenvalue weighted by Gasteiger charge is -2.15. The third-order valence-corrected chi connectivity index (χ3v) is 3.88. The van der Waals surface area contributed by atoms with Crippen molar-refractivity contribution in [1.29, 1.82) is 0 Å². The van der Waals surface area contributed by atoms with E-state index in [2.05, 4.69) is 10.3 Å². The molecule has 0 aliphatic heterocycles. The van der Waals surface area contributed by atoms with Gasteiger partial charge in [0, 0.05) is 18.1 Å². The minimum Gasteiger partial charge on any atom is -0.304 e. The summed E-state index contributed by atoms with van der Waals surface area (Å²) in [6.07, 6.45) is -2.13. The number of aromatic nitrogens is 1. The lowest BCUT2D eigenvalue weighted by Crippen LogP contribution is -2.20. The fourth-order valence-corrected chi connectivity index (χ4v) is 2.77. The summed E-state index contributed by atoms with van der Waals surface area (Å²) in [4.78, 5) is 4.18. The monoisotopic (exact) mass is 318 g/mol. The normalized spacial score (nSPS) is 13.4. The van der Waals surface area contributed by atoms with Crippen molar-refractivity contribution in [2.45, 2.75) is 32.1 Å². The third-order valence-electron chi connectivity index (χ3n) is 3.00. The van der Waals surface area contributed by atoms with E-state index in [1.165, 1.54) is 11.3 Å². The number of hydrogen-bond donors (Lipinski definition) is 1. The average Bonchev–Trinajstić information content (AvgIpc) is 2.92. The Labute approximate surface area is 123 Å². The molecule has 0 amide bonds. The number of thiazole rings is 1. The second-order valence-corrected chi connectivity index (χ2v) is 5.48. The first kappa shape index (κ1) is 15.9. The van der Waals surface area contributed by atoms with E-state index in [9.17, 15) is 17.6 Å². The molecule has 7 heteroatoms. The molecule has 0 saturated heterocycles. The number of rotatable bonds is 5. The van der Waals surface area contributed by atoms with Gasteiger partial charge in [0.2, 0.25) is 0 Å². The number of halogens is 4. The van der Waals surface area contributed by atoms with Gasteiger partial charge in [-0.05, 0) is 30.2 Å². The van der Waals surface area contributed by atoms with Gasteiger partial charge in [0.1, 0.15) is 10.8 Å². The van der Waals surface area contributed by atoms with E-state index in [1.54, 1.807) is 6.20 Å². The van der Waals surface area contributed by atoms with Crippen LogP contribution in [0.2, 0.25) is 0 Å². The van der Waals surface area contributed by atoms with Crippen LogP contribution in [0.1, 0.15) is 35.5 Å². The van der Waals surface area contributed by atoms with E-state index in [4.69, 9.17) is 0 Å². The summed E-state index contributed by atoms with van der Waals surface area (Å²) in [7, 11) is 0. The highest BCUT2D eigenvalue weighted by Crippen LogP contribution is 2.30. The Balaban J connectivity index is 2.11. The molecule has 1 unspecified atom stereocenters. The van der Waals surface area contributed by atoms with Crippen molar-refractivity contribution in [1.82, 2.24) is 10.3 Å². The van der Waals surface area contributed by atoms with E-state index in [-0.39, 0.29) is 18.2 Å². The van der Waals surface area contributed by atoms with Crippen molar-refractivity contribution in [3.63, 3.8) is 0 Å². The molecule has 0 fully saturated rings. The summed E-state index contributed by atoms with van der Waals surface area (Å²) < 4.78 is 51.2. The van der Waals surface area contributed by atoms with Crippen LogP contribution in [0.3, 0.4) is 0 Å². The van der Waals surface area contributed by atoms with Crippen LogP contribution in [0.4, 0.5) is 17.6 Å². The largest absolute Gasteiger partial charge is 0.416 e. The van der Waals surface area contributed by atoms with Crippen LogP contribution < -0.4 is 5.32 Å². The standard InChI is InChI=1S/C14H14F4N2S/c1-2-12(13-19-3-4-21-13)20-8-9-5-10(14(16,17)18)7-11(15)6-9/h3-7,12,20H,2,8H2,1H3. The van der Waals surface area contributed by atoms with E-state index >= 15 is 0 Å². The highest BCUT2D eigenvalue weighted by molar-refractivity contribution is 7.09. The molecule has 0 bridgehead atoms. The zero-order valence-electron chi connectivity index (χ0n) is 11.2. The Bertz CT molecular complexity index is 581. The van der Waals surface area contributed by atoms with Gasteiger partial charge in [-0.3, -0.25) is 0 Å². The summed E-state index contributed by atoms with van der Waals surface area (Å²) in [5, 5.41) is 5.81. The van der Waals surface area contributed by atoms with Gasteiger partial charge in [-0.2, -0.15) is 13.2 Å². The highest BCUT2D eigenvalue weighted by Gasteiger charge is 2.31. The molecule has 1 atom stereocenters. The fraction of sp³-hybridized carbons (Fsp3) is 0.357. The van der Waals surface area contributed by atoms with Crippen LogP contribution in [0.15, 0.2) is 29.8 Å². The van der Waals surface area contributed by atoms with Gasteiger partial charge < -0.3 is 5.32 Å². The molecule has 114 valence electrons. The van der Waals surface area contributed by atoms with E-state index < -0.39 is 17.6 Å². The first-order valence-electron chi connectivity index (χ1n) is 6.39. The lowest BCUT2D eigenvalue weighted by molar-refractivity contribution is -0.137. The van der Waals surface area contributed by atoms with Crippen LogP contribution in [0, 0.1) is 5.82 Å². The van der Waals surface area contributed by atoms with Gasteiger partial charge in [0.05, 0.1) is 11.6 Å². The lowest BCUT2D eigenvalue weighted by atomic mass is 10.1. The molecule has 0 aliphatic rings. The van der Waals surface area contributed by atoms with Gasteiger partial charge in [0.15, 0.2) is 0 Å². The van der Waals surface area contributed by atoms with Crippen molar-refractivity contribution in [3.05, 3.63) is 51.7 Å². The zero-order chi connectivity index (χ0) is 15.5. The molecule has 21 heavy (non-hydrogen) atoms. The van der Waals surface area contributed by atoms with Crippen LogP contribution in [-0.4, -0.2) is 4.98 Å². The molecule has 0 spiro atoms. The van der Waals surface area contributed by atoms with Gasteiger partial charge >= 0.3 is 6.18 Å². The van der Waals surface area contributed by atoms with Crippen molar-refractivity contribution in [2.24, 2.45) is 0 Å². The summed E-state index contributed by atoms with van der Waals surface area (Å²) in [6.45, 7) is 2.10. The first-order chi connectivity index (χ1) is 9.90. The first-order valence-corrected chi connectivity index (χ1v) is 7.27. The SMILES string of the molecule is CCC(NCc1cc(F)cc(C(F)(F)F)c1)c1nccs1. The minimum atomic E-state index is -4.55. The van der Waals surface area contributed by atoms with Gasteiger partial charge in [0.25, 0.3) is 0 Å². The highest BCUT2D eigenvalue weighted by atomic mass is 32.1. The summed E-state index contributed by atoms with van der Waals surface area (Å²) >= 11 is 1.47. The maximum absolute atomic E-state index is 13.3. The Morgan fingerprint density at radius 1 is 1.29 bits per heavy atom. The van der Waals surface area contributed by atoms with Crippen LogP contribution in [0.5, 0.6) is 0 Å².